The molecule has 0 atom stereocenters. The lowest BCUT2D eigenvalue weighted by Crippen LogP contribution is -2.14. The van der Waals surface area contributed by atoms with Gasteiger partial charge in [0.2, 0.25) is 5.88 Å². The maximum Gasteiger partial charge on any atom is 0.260 e. The van der Waals surface area contributed by atoms with Crippen molar-refractivity contribution in [1.82, 2.24) is 14.3 Å². The van der Waals surface area contributed by atoms with Crippen LogP contribution in [0.2, 0.25) is 0 Å². The molecule has 0 aromatic carbocycles. The summed E-state index contributed by atoms with van der Waals surface area (Å²) in [6, 6.07) is 3.10. The van der Waals surface area contributed by atoms with Gasteiger partial charge in [-0.2, -0.15) is 4.37 Å². The number of anilines is 3. The van der Waals surface area contributed by atoms with Gasteiger partial charge in [0.1, 0.15) is 15.4 Å². The molecular weight excluding hydrogens is 402 g/mol. The summed E-state index contributed by atoms with van der Waals surface area (Å²) < 4.78 is 9.03. The molecule has 10 nitrogen and oxygen atoms in total. The molecule has 28 heavy (non-hydrogen) atoms. The van der Waals surface area contributed by atoms with Gasteiger partial charge in [0.05, 0.1) is 23.8 Å². The monoisotopic (exact) mass is 415 g/mol. The number of aromatic nitrogens is 3. The van der Waals surface area contributed by atoms with Gasteiger partial charge in [-0.3, -0.25) is 15.0 Å². The highest BCUT2D eigenvalue weighted by Gasteiger charge is 2.21. The third kappa shape index (κ3) is 4.19. The van der Waals surface area contributed by atoms with Gasteiger partial charge in [-0.1, -0.05) is 17.9 Å². The fourth-order valence-electron chi connectivity index (χ4n) is 2.07. The Morgan fingerprint density at radius 3 is 2.71 bits per heavy atom. The van der Waals surface area contributed by atoms with E-state index < -0.39 is 11.8 Å². The van der Waals surface area contributed by atoms with E-state index in [4.69, 9.17) is 15.9 Å². The molecule has 5 N–H and O–H groups in total. The highest BCUT2D eigenvalue weighted by molar-refractivity contribution is 7.18. The average molecular weight is 415 g/mol. The fourth-order valence-corrected chi connectivity index (χ4v) is 3.59. The lowest BCUT2D eigenvalue weighted by atomic mass is 10.2. The van der Waals surface area contributed by atoms with Crippen LogP contribution < -0.4 is 21.1 Å². The molecular formula is C16H13N7O3S2. The van der Waals surface area contributed by atoms with Crippen molar-refractivity contribution >= 4 is 63.0 Å². The van der Waals surface area contributed by atoms with Gasteiger partial charge in [-0.15, -0.1) is 0 Å². The number of amides is 2. The molecule has 0 spiro atoms. The van der Waals surface area contributed by atoms with Crippen LogP contribution >= 0.6 is 22.9 Å². The maximum atomic E-state index is 12.8. The number of carbonyl (C=O) groups excluding carboxylic acids is 2. The first-order valence-electron chi connectivity index (χ1n) is 7.59. The zero-order chi connectivity index (χ0) is 20.1. The molecule has 0 saturated heterocycles. The van der Waals surface area contributed by atoms with E-state index in [1.165, 1.54) is 24.5 Å². The summed E-state index contributed by atoms with van der Waals surface area (Å²) in [5, 5.41) is 13.4. The van der Waals surface area contributed by atoms with Crippen molar-refractivity contribution in [3.63, 3.8) is 0 Å². The van der Waals surface area contributed by atoms with Gasteiger partial charge in [0, 0.05) is 6.07 Å². The topological polar surface area (TPSA) is 156 Å². The summed E-state index contributed by atoms with van der Waals surface area (Å²) in [6.07, 6.45) is 4.98. The van der Waals surface area contributed by atoms with Crippen LogP contribution in [0.15, 0.2) is 31.1 Å². The van der Waals surface area contributed by atoms with Crippen molar-refractivity contribution < 1.29 is 14.3 Å². The molecule has 3 rings (SSSR count). The number of primary amides is 1. The first-order chi connectivity index (χ1) is 13.5. The molecule has 0 aliphatic rings. The number of nitrogens with two attached hydrogens (primary N) is 1. The van der Waals surface area contributed by atoms with Gasteiger partial charge in [0.15, 0.2) is 11.5 Å². The predicted molar refractivity (Wildman–Crippen MR) is 108 cm³/mol. The van der Waals surface area contributed by atoms with E-state index in [0.717, 1.165) is 29.3 Å². The molecule has 0 unspecified atom stereocenters. The Bertz CT molecular complexity index is 1040. The number of nitrogens with zero attached hydrogens (tertiary/aromatic N) is 3. The Labute approximate surface area is 166 Å². The smallest absolute Gasteiger partial charge is 0.260 e. The minimum atomic E-state index is -0.581. The zero-order valence-electron chi connectivity index (χ0n) is 14.1. The van der Waals surface area contributed by atoms with Gasteiger partial charge >= 0.3 is 0 Å². The molecule has 0 bridgehead atoms. The van der Waals surface area contributed by atoms with E-state index in [1.54, 1.807) is 6.07 Å². The van der Waals surface area contributed by atoms with E-state index >= 15 is 0 Å². The third-order valence-corrected chi connectivity index (χ3v) is 4.99. The summed E-state index contributed by atoms with van der Waals surface area (Å²) in [7, 11) is 0. The molecule has 3 aromatic rings. The normalized spacial score (nSPS) is 10.1. The minimum Gasteiger partial charge on any atom is -0.428 e. The average Bonchev–Trinajstić information content (AvgIpc) is 3.31. The van der Waals surface area contributed by atoms with Crippen molar-refractivity contribution in [1.29, 1.82) is 5.41 Å². The van der Waals surface area contributed by atoms with E-state index in [1.807, 2.05) is 0 Å². The zero-order valence-corrected chi connectivity index (χ0v) is 15.8. The Morgan fingerprint density at radius 2 is 2.11 bits per heavy atom. The van der Waals surface area contributed by atoms with Crippen molar-refractivity contribution in [2.45, 2.75) is 0 Å². The molecule has 0 aliphatic heterocycles. The largest absolute Gasteiger partial charge is 0.428 e. The van der Waals surface area contributed by atoms with Crippen LogP contribution in [-0.2, 0) is 0 Å². The number of ether oxygens (including phenoxy) is 1. The summed E-state index contributed by atoms with van der Waals surface area (Å²) >= 11 is 2.12. The quantitative estimate of drug-likeness (QED) is 0.325. The minimum absolute atomic E-state index is 0.230. The van der Waals surface area contributed by atoms with E-state index in [-0.39, 0.29) is 11.4 Å². The lowest BCUT2D eigenvalue weighted by molar-refractivity contribution is 0.100. The molecule has 12 heteroatoms. The number of carbonyl (C=O) groups is 2. The van der Waals surface area contributed by atoms with Gasteiger partial charge in [0.25, 0.3) is 11.8 Å². The van der Waals surface area contributed by atoms with E-state index in [0.29, 0.717) is 26.4 Å². The van der Waals surface area contributed by atoms with Gasteiger partial charge in [-0.05, 0) is 23.7 Å². The van der Waals surface area contributed by atoms with Crippen LogP contribution in [0.4, 0.5) is 15.8 Å². The number of thiazole rings is 1. The Hall–Kier alpha value is -3.64. The van der Waals surface area contributed by atoms with Crippen LogP contribution in [-0.4, -0.2) is 32.6 Å². The van der Waals surface area contributed by atoms with E-state index in [2.05, 4.69) is 31.6 Å². The molecule has 0 radical (unpaired) electrons. The summed E-state index contributed by atoms with van der Waals surface area (Å²) in [4.78, 5) is 32.3. The molecule has 3 heterocycles. The fraction of sp³-hybridized carbons (Fsp3) is 0. The van der Waals surface area contributed by atoms with E-state index in [9.17, 15) is 9.59 Å². The van der Waals surface area contributed by atoms with Crippen molar-refractivity contribution in [2.75, 3.05) is 10.6 Å². The molecule has 2 amide bonds. The first kappa shape index (κ1) is 19.1. The Kier molecular flexibility index (Phi) is 5.72. The van der Waals surface area contributed by atoms with Crippen molar-refractivity contribution in [3.05, 3.63) is 47.2 Å². The number of nitrogens with one attached hydrogen (secondary N) is 3. The number of hydrogen-bond donors (Lipinski definition) is 4. The van der Waals surface area contributed by atoms with Crippen molar-refractivity contribution in [2.24, 2.45) is 5.73 Å². The number of pyridine rings is 1. The second-order valence-corrected chi connectivity index (χ2v) is 6.87. The predicted octanol–water partition coefficient (Wildman–Crippen LogP) is 2.72. The molecule has 0 saturated carbocycles. The second-order valence-electron chi connectivity index (χ2n) is 5.07. The van der Waals surface area contributed by atoms with Crippen LogP contribution in [0.3, 0.4) is 0 Å². The molecule has 0 aliphatic carbocycles. The van der Waals surface area contributed by atoms with Crippen LogP contribution in [0, 0.1) is 5.41 Å². The maximum absolute atomic E-state index is 12.8. The molecule has 3 aromatic heterocycles. The Morgan fingerprint density at radius 1 is 1.29 bits per heavy atom. The van der Waals surface area contributed by atoms with Crippen molar-refractivity contribution in [3.8, 4) is 5.88 Å². The highest BCUT2D eigenvalue weighted by atomic mass is 32.1. The first-order valence-corrected chi connectivity index (χ1v) is 9.18. The lowest BCUT2D eigenvalue weighted by Gasteiger charge is -2.07. The highest BCUT2D eigenvalue weighted by Crippen LogP contribution is 2.31. The summed E-state index contributed by atoms with van der Waals surface area (Å²) in [5.74, 6) is -0.781. The standard InChI is InChI=1S/C16H13N7O3S2/c1-2-9-12(14(25)21-8-3-4-11(19-5-8)26-7-17)15(28-23-9)22-16-20-6-10(27-16)13(18)24/h2-7,17H,1H2,(H2,18,24)(H,20,22)(H,21,25). The molecule has 142 valence electrons. The SMILES string of the molecule is C=Cc1nsc(Nc2ncc(C(N)=O)s2)c1C(=O)Nc1ccc(OC=N)nc1. The molecule has 0 fully saturated rings. The van der Waals surface area contributed by atoms with Gasteiger partial charge < -0.3 is 21.1 Å². The number of rotatable bonds is 8. The number of hydrogen-bond acceptors (Lipinski definition) is 10. The third-order valence-electron chi connectivity index (χ3n) is 3.28. The summed E-state index contributed by atoms with van der Waals surface area (Å²) in [6.45, 7) is 3.67. The van der Waals surface area contributed by atoms with Gasteiger partial charge in [-0.25, -0.2) is 9.97 Å². The van der Waals surface area contributed by atoms with Crippen LogP contribution in [0.25, 0.3) is 6.08 Å². The van der Waals surface area contributed by atoms with Crippen LogP contribution in [0.1, 0.15) is 25.7 Å². The van der Waals surface area contributed by atoms with Crippen LogP contribution in [0.5, 0.6) is 5.88 Å². The second kappa shape index (κ2) is 8.37. The Balaban J connectivity index is 1.82. The summed E-state index contributed by atoms with van der Waals surface area (Å²) in [5.41, 5.74) is 6.33.